The van der Waals surface area contributed by atoms with Gasteiger partial charge < -0.3 is 18.5 Å². The second-order valence-electron chi connectivity index (χ2n) is 6.42. The summed E-state index contributed by atoms with van der Waals surface area (Å²) in [7, 11) is 1.91. The van der Waals surface area contributed by atoms with Crippen molar-refractivity contribution in [3.63, 3.8) is 0 Å². The van der Waals surface area contributed by atoms with E-state index in [2.05, 4.69) is 20.4 Å². The quantitative estimate of drug-likeness (QED) is 0.463. The van der Waals surface area contributed by atoms with Crippen molar-refractivity contribution in [2.24, 2.45) is 7.05 Å². The van der Waals surface area contributed by atoms with Crippen molar-refractivity contribution in [3.8, 4) is 23.0 Å². The van der Waals surface area contributed by atoms with Crippen molar-refractivity contribution in [2.75, 3.05) is 6.61 Å². The lowest BCUT2D eigenvalue weighted by Crippen LogP contribution is -2.24. The van der Waals surface area contributed by atoms with E-state index in [0.717, 1.165) is 16.5 Å². The van der Waals surface area contributed by atoms with Gasteiger partial charge in [-0.3, -0.25) is 0 Å². The minimum Gasteiger partial charge on any atom is -0.485 e. The van der Waals surface area contributed by atoms with Gasteiger partial charge in [0.25, 0.3) is 0 Å². The second kappa shape index (κ2) is 7.59. The molecule has 0 bridgehead atoms. The first kappa shape index (κ1) is 17.7. The fourth-order valence-electron chi connectivity index (χ4n) is 3.01. The van der Waals surface area contributed by atoms with Crippen LogP contribution in [0, 0.1) is 0 Å². The number of nitrogens with zero attached hydrogens (tertiary/aromatic N) is 5. The summed E-state index contributed by atoms with van der Waals surface area (Å²) in [6, 6.07) is 17.3. The number of benzene rings is 2. The Bertz CT molecular complexity index is 1130. The maximum absolute atomic E-state index is 6.03. The Hall–Kier alpha value is -3.33. The van der Waals surface area contributed by atoms with Crippen LogP contribution in [0.4, 0.5) is 0 Å². The third kappa shape index (κ3) is 3.56. The van der Waals surface area contributed by atoms with Crippen LogP contribution in [-0.4, -0.2) is 31.6 Å². The maximum Gasteiger partial charge on any atom is 0.247 e. The molecule has 146 valence electrons. The van der Waals surface area contributed by atoms with E-state index in [0.29, 0.717) is 35.7 Å². The van der Waals surface area contributed by atoms with Crippen molar-refractivity contribution < 1.29 is 13.9 Å². The van der Waals surface area contributed by atoms with E-state index in [9.17, 15) is 0 Å². The van der Waals surface area contributed by atoms with Gasteiger partial charge in [0.05, 0.1) is 5.75 Å². The zero-order chi connectivity index (χ0) is 19.6. The predicted octanol–water partition coefficient (Wildman–Crippen LogP) is 3.67. The van der Waals surface area contributed by atoms with Crippen LogP contribution in [0.1, 0.15) is 17.8 Å². The van der Waals surface area contributed by atoms with Crippen LogP contribution < -0.4 is 9.47 Å². The van der Waals surface area contributed by atoms with E-state index in [1.807, 2.05) is 66.2 Å². The Morgan fingerprint density at radius 1 is 0.966 bits per heavy atom. The Kier molecular flexibility index (Phi) is 4.65. The molecule has 1 aliphatic heterocycles. The monoisotopic (exact) mass is 407 g/mol. The van der Waals surface area contributed by atoms with Gasteiger partial charge in [-0.2, -0.15) is 0 Å². The summed E-state index contributed by atoms with van der Waals surface area (Å²) >= 11 is 1.48. The third-order valence-electron chi connectivity index (χ3n) is 4.48. The van der Waals surface area contributed by atoms with E-state index >= 15 is 0 Å². The van der Waals surface area contributed by atoms with Gasteiger partial charge in [0.15, 0.2) is 28.6 Å². The van der Waals surface area contributed by atoms with Crippen molar-refractivity contribution in [3.05, 3.63) is 66.3 Å². The zero-order valence-corrected chi connectivity index (χ0v) is 16.4. The number of ether oxygens (including phenoxy) is 2. The van der Waals surface area contributed by atoms with Gasteiger partial charge >= 0.3 is 0 Å². The molecule has 4 aromatic rings. The molecule has 5 rings (SSSR count). The minimum atomic E-state index is -0.315. The topological polar surface area (TPSA) is 88.1 Å². The number of thioether (sulfide) groups is 1. The minimum absolute atomic E-state index is 0.315. The Morgan fingerprint density at radius 3 is 2.62 bits per heavy atom. The van der Waals surface area contributed by atoms with Gasteiger partial charge in [-0.1, -0.05) is 42.1 Å². The van der Waals surface area contributed by atoms with Crippen LogP contribution in [0.2, 0.25) is 0 Å². The smallest absolute Gasteiger partial charge is 0.247 e. The lowest BCUT2D eigenvalue weighted by molar-refractivity contribution is 0.0825. The fraction of sp³-hybridized carbons (Fsp3) is 0.200. The summed E-state index contributed by atoms with van der Waals surface area (Å²) in [6.07, 6.45) is -0.315. The first-order valence-electron chi connectivity index (χ1n) is 9.06. The summed E-state index contributed by atoms with van der Waals surface area (Å²) in [6.45, 7) is 0.387. The van der Waals surface area contributed by atoms with Gasteiger partial charge in [-0.05, 0) is 24.3 Å². The van der Waals surface area contributed by atoms with Crippen LogP contribution in [0.15, 0.2) is 64.2 Å². The van der Waals surface area contributed by atoms with Gasteiger partial charge in [-0.25, -0.2) is 0 Å². The lowest BCUT2D eigenvalue weighted by atomic mass is 10.2. The average molecular weight is 407 g/mol. The molecule has 0 aliphatic carbocycles. The zero-order valence-electron chi connectivity index (χ0n) is 15.6. The van der Waals surface area contributed by atoms with E-state index < -0.39 is 0 Å². The molecule has 1 aliphatic rings. The highest BCUT2D eigenvalue weighted by Crippen LogP contribution is 2.36. The van der Waals surface area contributed by atoms with Gasteiger partial charge in [-0.15, -0.1) is 20.4 Å². The van der Waals surface area contributed by atoms with E-state index in [-0.39, 0.29) is 6.10 Å². The first-order valence-corrected chi connectivity index (χ1v) is 10.0. The van der Waals surface area contributed by atoms with Gasteiger partial charge in [0.1, 0.15) is 6.61 Å². The third-order valence-corrected chi connectivity index (χ3v) is 5.48. The van der Waals surface area contributed by atoms with Crippen LogP contribution in [0.3, 0.4) is 0 Å². The normalized spacial score (nSPS) is 15.4. The van der Waals surface area contributed by atoms with Crippen LogP contribution in [0.5, 0.6) is 11.5 Å². The largest absolute Gasteiger partial charge is 0.485 e. The second-order valence-corrected chi connectivity index (χ2v) is 7.36. The molecular formula is C20H17N5O3S. The standard InChI is InChI=1S/C20H17N5O3S/c1-25-18(16-11-26-14-9-5-6-10-15(14)27-16)22-24-20(25)29-12-17-21-23-19(28-17)13-7-3-2-4-8-13/h2-10,16H,11-12H2,1H3. The Morgan fingerprint density at radius 2 is 1.76 bits per heavy atom. The SMILES string of the molecule is Cn1c(SCc2nnc(-c3ccccc3)o2)nnc1C1COc2ccccc2O1. The molecule has 29 heavy (non-hydrogen) atoms. The lowest BCUT2D eigenvalue weighted by Gasteiger charge is -2.25. The van der Waals surface area contributed by atoms with Crippen molar-refractivity contribution in [2.45, 2.75) is 17.0 Å². The maximum atomic E-state index is 6.03. The molecule has 2 aromatic carbocycles. The highest BCUT2D eigenvalue weighted by Gasteiger charge is 2.27. The summed E-state index contributed by atoms with van der Waals surface area (Å²) in [5, 5.41) is 17.5. The molecular weight excluding hydrogens is 390 g/mol. The average Bonchev–Trinajstić information content (AvgIpc) is 3.39. The van der Waals surface area contributed by atoms with Crippen molar-refractivity contribution in [1.29, 1.82) is 0 Å². The molecule has 8 nitrogen and oxygen atoms in total. The summed E-state index contributed by atoms with van der Waals surface area (Å²) in [5.41, 5.74) is 0.895. The molecule has 3 heterocycles. The molecule has 0 fully saturated rings. The molecule has 1 atom stereocenters. The van der Waals surface area contributed by atoms with E-state index in [4.69, 9.17) is 13.9 Å². The molecule has 0 saturated heterocycles. The van der Waals surface area contributed by atoms with E-state index in [1.54, 1.807) is 0 Å². The first-order chi connectivity index (χ1) is 14.3. The molecule has 0 spiro atoms. The number of fused-ring (bicyclic) bond motifs is 1. The molecule has 1 unspecified atom stereocenters. The highest BCUT2D eigenvalue weighted by molar-refractivity contribution is 7.98. The number of rotatable bonds is 5. The Balaban J connectivity index is 1.27. The predicted molar refractivity (Wildman–Crippen MR) is 106 cm³/mol. The molecule has 0 saturated carbocycles. The van der Waals surface area contributed by atoms with Crippen LogP contribution in [0.25, 0.3) is 11.5 Å². The van der Waals surface area contributed by atoms with Crippen molar-refractivity contribution in [1.82, 2.24) is 25.0 Å². The van der Waals surface area contributed by atoms with Gasteiger partial charge in [0, 0.05) is 12.6 Å². The molecule has 0 N–H and O–H groups in total. The van der Waals surface area contributed by atoms with E-state index in [1.165, 1.54) is 11.8 Å². The number of para-hydroxylation sites is 2. The molecule has 9 heteroatoms. The van der Waals surface area contributed by atoms with Crippen molar-refractivity contribution >= 4 is 11.8 Å². The molecule has 0 amide bonds. The molecule has 0 radical (unpaired) electrons. The number of aromatic nitrogens is 5. The number of hydrogen-bond acceptors (Lipinski definition) is 8. The summed E-state index contributed by atoms with van der Waals surface area (Å²) in [4.78, 5) is 0. The highest BCUT2D eigenvalue weighted by atomic mass is 32.2. The fourth-order valence-corrected chi connectivity index (χ4v) is 3.77. The molecule has 2 aromatic heterocycles. The van der Waals surface area contributed by atoms with Gasteiger partial charge in [0.2, 0.25) is 11.8 Å². The van der Waals surface area contributed by atoms with Crippen LogP contribution >= 0.6 is 11.8 Å². The Labute approximate surface area is 170 Å². The summed E-state index contributed by atoms with van der Waals surface area (Å²) in [5.74, 6) is 3.69. The number of hydrogen-bond donors (Lipinski definition) is 0. The summed E-state index contributed by atoms with van der Waals surface area (Å²) < 4.78 is 19.5. The van der Waals surface area contributed by atoms with Crippen LogP contribution in [-0.2, 0) is 12.8 Å².